The molecular formula is C92H58N8O8. The monoisotopic (exact) mass is 1400 g/mol. The van der Waals surface area contributed by atoms with Gasteiger partial charge in [-0.25, -0.2) is 9.97 Å². The molecule has 8 aliphatic carbocycles. The molecule has 8 unspecified atom stereocenters. The predicted octanol–water partition coefficient (Wildman–Crippen LogP) is 15.9. The van der Waals surface area contributed by atoms with Crippen molar-refractivity contribution in [1.29, 1.82) is 0 Å². The third-order valence-electron chi connectivity index (χ3n) is 26.7. The topological polar surface area (TPSA) is 207 Å². The Balaban J connectivity index is 0.702. The number of H-pyrrole nitrogens is 2. The largest absolute Gasteiger partial charge is 0.355 e. The van der Waals surface area contributed by atoms with Gasteiger partial charge in [0.15, 0.2) is 0 Å². The number of aromatic amines is 2. The van der Waals surface area contributed by atoms with Gasteiger partial charge >= 0.3 is 0 Å². The zero-order valence-electron chi connectivity index (χ0n) is 57.7. The lowest BCUT2D eigenvalue weighted by Gasteiger charge is -2.20. The van der Waals surface area contributed by atoms with Gasteiger partial charge in [0.25, 0.3) is 47.3 Å². The second kappa shape index (κ2) is 20.5. The number of fused-ring (bicyclic) bond motifs is 50. The van der Waals surface area contributed by atoms with E-state index >= 15 is 0 Å². The molecule has 16 heteroatoms. The number of carbonyl (C=O) groups is 8. The molecule has 9 heterocycles. The van der Waals surface area contributed by atoms with Crippen LogP contribution in [0.15, 0.2) is 194 Å². The van der Waals surface area contributed by atoms with Crippen molar-refractivity contribution in [3.05, 3.63) is 350 Å². The van der Waals surface area contributed by atoms with E-state index in [1.54, 1.807) is 0 Å². The van der Waals surface area contributed by atoms with Crippen molar-refractivity contribution in [2.24, 2.45) is 0 Å². The molecule has 108 heavy (non-hydrogen) atoms. The van der Waals surface area contributed by atoms with Gasteiger partial charge in [-0.1, -0.05) is 121 Å². The van der Waals surface area contributed by atoms with Crippen LogP contribution in [0.2, 0.25) is 0 Å². The van der Waals surface area contributed by atoms with Crippen molar-refractivity contribution in [2.45, 2.75) is 99.2 Å². The van der Waals surface area contributed by atoms with Crippen LogP contribution in [0.4, 0.5) is 0 Å². The van der Waals surface area contributed by atoms with Gasteiger partial charge in [-0.3, -0.25) is 58.0 Å². The lowest BCUT2D eigenvalue weighted by atomic mass is 9.82. The maximum Gasteiger partial charge on any atom is 0.261 e. The van der Waals surface area contributed by atoms with E-state index in [2.05, 4.69) is 34.2 Å². The first-order valence-electron chi connectivity index (χ1n) is 37.5. The Labute approximate surface area is 615 Å². The van der Waals surface area contributed by atoms with Crippen LogP contribution >= 0.6 is 0 Å². The molecule has 14 aliphatic rings. The van der Waals surface area contributed by atoms with Gasteiger partial charge in [-0.2, -0.15) is 0 Å². The van der Waals surface area contributed by atoms with Gasteiger partial charge in [-0.05, 0) is 210 Å². The van der Waals surface area contributed by atoms with Crippen LogP contribution in [-0.4, -0.2) is 86.8 Å². The first-order chi connectivity index (χ1) is 52.8. The smallest absolute Gasteiger partial charge is 0.261 e. The van der Waals surface area contributed by atoms with Gasteiger partial charge in [0.2, 0.25) is 0 Å². The summed E-state index contributed by atoms with van der Waals surface area (Å²) >= 11 is 0. The number of nitrogens with zero attached hydrogens (tertiary/aromatic N) is 6. The summed E-state index contributed by atoms with van der Waals surface area (Å²) < 4.78 is 0. The highest BCUT2D eigenvalue weighted by Gasteiger charge is 2.55. The number of benzene rings is 8. The number of amides is 8. The van der Waals surface area contributed by atoms with Crippen molar-refractivity contribution in [1.82, 2.24) is 39.5 Å². The molecule has 11 aromatic rings. The molecule has 0 saturated heterocycles. The molecule has 0 saturated carbocycles. The summed E-state index contributed by atoms with van der Waals surface area (Å²) in [4.78, 5) is 142. The third kappa shape index (κ3) is 7.53. The summed E-state index contributed by atoms with van der Waals surface area (Å²) in [6, 6.07) is 63.2. The van der Waals surface area contributed by atoms with Crippen LogP contribution in [0.5, 0.6) is 0 Å². The molecule has 6 aliphatic heterocycles. The minimum Gasteiger partial charge on any atom is -0.355 e. The van der Waals surface area contributed by atoms with E-state index in [0.717, 1.165) is 182 Å². The molecule has 0 fully saturated rings. The SMILES string of the molecule is O=C1c2cc3c(cc2C(=O)N1Cc1ccccc1)C1CC3C2=C1c1cc3[nH]c(cc4nc(cc5[nH]c(cc2n1)c1c5C2CC1c1cc5c(cc12)C(=O)N(Cc1ccccc1)C5=O)C1=C4C2CC1c1cc4c(cc12)C(=O)N(Cc1ccccc1)C4=O)c1c3C2CC1c1cc3c(cc12)C(=O)N(Cc1ccccc1)C3=O. The van der Waals surface area contributed by atoms with E-state index < -0.39 is 0 Å². The van der Waals surface area contributed by atoms with E-state index in [1.165, 1.54) is 19.6 Å². The Morgan fingerprint density at radius 1 is 0.250 bits per heavy atom. The zero-order valence-corrected chi connectivity index (χ0v) is 57.7. The lowest BCUT2D eigenvalue weighted by molar-refractivity contribution is 0.0627. The van der Waals surface area contributed by atoms with Crippen LogP contribution in [0.1, 0.15) is 268 Å². The quantitative estimate of drug-likeness (QED) is 0.138. The minimum absolute atomic E-state index is 0.157. The average Bonchev–Trinajstić information content (AvgIpc) is 1.53. The number of hydrogen-bond acceptors (Lipinski definition) is 10. The van der Waals surface area contributed by atoms with Crippen molar-refractivity contribution in [3.63, 3.8) is 0 Å². The molecule has 8 amide bonds. The van der Waals surface area contributed by atoms with Gasteiger partial charge in [0.1, 0.15) is 0 Å². The molecule has 2 N–H and O–H groups in total. The number of imide groups is 4. The van der Waals surface area contributed by atoms with Crippen molar-refractivity contribution >= 4 is 91.6 Å². The fourth-order valence-electron chi connectivity index (χ4n) is 22.3. The van der Waals surface area contributed by atoms with E-state index in [-0.39, 0.29) is 121 Å². The van der Waals surface area contributed by atoms with Crippen molar-refractivity contribution < 1.29 is 38.4 Å². The Morgan fingerprint density at radius 3 is 0.639 bits per heavy atom. The highest BCUT2D eigenvalue weighted by molar-refractivity contribution is 6.25. The second-order valence-electron chi connectivity index (χ2n) is 31.8. The molecule has 0 spiro atoms. The molecule has 16 nitrogen and oxygen atoms in total. The lowest BCUT2D eigenvalue weighted by Crippen LogP contribution is -2.29. The van der Waals surface area contributed by atoms with Gasteiger partial charge in [0, 0.05) is 69.4 Å². The Kier molecular flexibility index (Phi) is 11.2. The fraction of sp³-hybridized carbons (Fsp3) is 0.174. The summed E-state index contributed by atoms with van der Waals surface area (Å²) in [6.07, 6.45) is 2.89. The molecule has 514 valence electrons. The summed E-state index contributed by atoms with van der Waals surface area (Å²) in [7, 11) is 0. The van der Waals surface area contributed by atoms with Crippen LogP contribution in [0, 0.1) is 0 Å². The molecule has 16 bridgehead atoms. The Bertz CT molecular complexity index is 5890. The number of carbonyl (C=O) groups excluding carboxylic acids is 8. The zero-order chi connectivity index (χ0) is 71.4. The van der Waals surface area contributed by atoms with Gasteiger partial charge < -0.3 is 9.97 Å². The second-order valence-corrected chi connectivity index (χ2v) is 31.8. The molecule has 0 radical (unpaired) electrons. The Hall–Kier alpha value is -13.1. The minimum atomic E-state index is -0.311. The van der Waals surface area contributed by atoms with Gasteiger partial charge in [0.05, 0.1) is 93.5 Å². The molecular weight excluding hydrogens is 1350 g/mol. The summed E-state index contributed by atoms with van der Waals surface area (Å²) in [5.74, 6) is -3.80. The van der Waals surface area contributed by atoms with E-state index in [4.69, 9.17) is 9.97 Å². The fourth-order valence-corrected chi connectivity index (χ4v) is 22.3. The summed E-state index contributed by atoms with van der Waals surface area (Å²) in [5, 5.41) is 0. The normalized spacial score (nSPS) is 22.8. The maximum atomic E-state index is 14.6. The van der Waals surface area contributed by atoms with Crippen LogP contribution in [0.25, 0.3) is 44.4 Å². The highest BCUT2D eigenvalue weighted by atomic mass is 16.2. The molecule has 25 rings (SSSR count). The maximum absolute atomic E-state index is 14.6. The van der Waals surface area contributed by atoms with Crippen LogP contribution in [0.3, 0.4) is 0 Å². The van der Waals surface area contributed by atoms with Crippen molar-refractivity contribution in [3.8, 4) is 0 Å². The number of allylic oxidation sites excluding steroid dienone is 4. The summed E-state index contributed by atoms with van der Waals surface area (Å²) in [6.45, 7) is 0.630. The number of nitrogens with one attached hydrogen (secondary N) is 2. The van der Waals surface area contributed by atoms with Crippen LogP contribution in [-0.2, 0) is 26.2 Å². The summed E-state index contributed by atoms with van der Waals surface area (Å²) in [5.41, 5.74) is 30.2. The standard InChI is InChI=1S/C92H58N8O8/c101-85-61-21-45-46(22-62(61)86(102)97(85)37-41-13-5-1-6-14-41)54-29-53(45)77-69-33-71-79-55-30-57(49-25-65-63(23-47(49)55)87(103)98(89(65)105)38-42-15-7-2-8-16-42)81(79)73(94-71)35-75-83-59-32-60(52-28-68-67(27-51(52)59)91(107)100(92(68)108)40-44-19-11-4-12-20-44)84(83)76(96-75)36-74-82-58-31-56(80(82)72(95-74)34-70(93-69)78(54)77)48-24-64-66(26-50(48)58)90(106)99(88(64)104)39-43-17-9-3-10-18-43/h1-28,33-36,53-60,93,96H,29-32,37-40H2. The van der Waals surface area contributed by atoms with Gasteiger partial charge in [-0.15, -0.1) is 0 Å². The number of aromatic nitrogens is 4. The first kappa shape index (κ1) is 59.2. The highest BCUT2D eigenvalue weighted by Crippen LogP contribution is 2.68. The molecule has 8 atom stereocenters. The van der Waals surface area contributed by atoms with Crippen molar-refractivity contribution in [2.75, 3.05) is 0 Å². The number of rotatable bonds is 8. The molecule has 3 aromatic heterocycles. The van der Waals surface area contributed by atoms with E-state index in [0.29, 0.717) is 44.5 Å². The van der Waals surface area contributed by atoms with E-state index in [1.807, 2.05) is 170 Å². The molecule has 8 aromatic carbocycles. The van der Waals surface area contributed by atoms with E-state index in [9.17, 15) is 38.4 Å². The van der Waals surface area contributed by atoms with Crippen LogP contribution < -0.4 is 0 Å². The third-order valence-corrected chi connectivity index (χ3v) is 26.7. The predicted molar refractivity (Wildman–Crippen MR) is 400 cm³/mol. The Morgan fingerprint density at radius 2 is 0.435 bits per heavy atom. The average molecular weight is 1400 g/mol. The first-order valence-corrected chi connectivity index (χ1v) is 37.5. The number of hydrogen-bond donors (Lipinski definition) is 2.